The van der Waals surface area contributed by atoms with E-state index in [-0.39, 0.29) is 17.2 Å². The fourth-order valence-electron chi connectivity index (χ4n) is 1.61. The van der Waals surface area contributed by atoms with Crippen LogP contribution in [0, 0.1) is 6.92 Å². The van der Waals surface area contributed by atoms with Crippen molar-refractivity contribution in [3.05, 3.63) is 46.0 Å². The Kier molecular flexibility index (Phi) is 3.32. The van der Waals surface area contributed by atoms with Gasteiger partial charge in [0.25, 0.3) is 5.56 Å². The minimum Gasteiger partial charge on any atom is -0.508 e. The maximum Gasteiger partial charge on any atom is 0.254 e. The van der Waals surface area contributed by atoms with E-state index >= 15 is 0 Å². The molecule has 0 atom stereocenters. The zero-order valence-corrected chi connectivity index (χ0v) is 10.2. The largest absolute Gasteiger partial charge is 0.508 e. The van der Waals surface area contributed by atoms with Crippen LogP contribution in [0.5, 0.6) is 17.4 Å². The normalized spacial score (nSPS) is 10.3. The highest BCUT2D eigenvalue weighted by atomic mass is 16.5. The van der Waals surface area contributed by atoms with Crippen LogP contribution in [0.2, 0.25) is 0 Å². The summed E-state index contributed by atoms with van der Waals surface area (Å²) in [6, 6.07) is 6.13. The first-order chi connectivity index (χ1) is 8.56. The van der Waals surface area contributed by atoms with E-state index in [1.54, 1.807) is 12.1 Å². The molecule has 0 saturated carbocycles. The SMILES string of the molecule is CCc1nc(Oc2cc(C)cc(O)c2)cc(=O)[nH]1. The molecule has 2 rings (SSSR count). The van der Waals surface area contributed by atoms with Gasteiger partial charge < -0.3 is 14.8 Å². The Morgan fingerprint density at radius 3 is 2.78 bits per heavy atom. The summed E-state index contributed by atoms with van der Waals surface area (Å²) in [4.78, 5) is 18.1. The van der Waals surface area contributed by atoms with Gasteiger partial charge in [-0.2, -0.15) is 4.98 Å². The molecule has 1 aromatic carbocycles. The molecule has 0 aliphatic carbocycles. The van der Waals surface area contributed by atoms with Gasteiger partial charge in [-0.1, -0.05) is 6.92 Å². The van der Waals surface area contributed by atoms with E-state index in [9.17, 15) is 9.90 Å². The fraction of sp³-hybridized carbons (Fsp3) is 0.231. The Morgan fingerprint density at radius 2 is 2.11 bits per heavy atom. The zero-order chi connectivity index (χ0) is 13.1. The van der Waals surface area contributed by atoms with Gasteiger partial charge >= 0.3 is 0 Å². The lowest BCUT2D eigenvalue weighted by atomic mass is 10.2. The number of hydrogen-bond acceptors (Lipinski definition) is 4. The number of nitrogens with one attached hydrogen (secondary N) is 1. The molecule has 5 nitrogen and oxygen atoms in total. The molecule has 0 aliphatic rings. The van der Waals surface area contributed by atoms with Gasteiger partial charge in [-0.15, -0.1) is 0 Å². The van der Waals surface area contributed by atoms with Crippen LogP contribution in [0.3, 0.4) is 0 Å². The Morgan fingerprint density at radius 1 is 1.33 bits per heavy atom. The molecular formula is C13H14N2O3. The van der Waals surface area contributed by atoms with Crippen LogP contribution >= 0.6 is 0 Å². The maximum atomic E-state index is 11.4. The van der Waals surface area contributed by atoms with E-state index in [0.29, 0.717) is 18.0 Å². The molecule has 2 aromatic rings. The van der Waals surface area contributed by atoms with Gasteiger partial charge in [-0.25, -0.2) is 0 Å². The van der Waals surface area contributed by atoms with E-state index in [0.717, 1.165) is 5.56 Å². The van der Waals surface area contributed by atoms with E-state index < -0.39 is 0 Å². The number of rotatable bonds is 3. The number of aromatic amines is 1. The van der Waals surface area contributed by atoms with Crippen molar-refractivity contribution >= 4 is 0 Å². The minimum absolute atomic E-state index is 0.116. The minimum atomic E-state index is -0.256. The second-order valence-corrected chi connectivity index (χ2v) is 3.99. The summed E-state index contributed by atoms with van der Waals surface area (Å²) in [6.07, 6.45) is 0.617. The number of benzene rings is 1. The molecule has 18 heavy (non-hydrogen) atoms. The van der Waals surface area contributed by atoms with Crippen molar-refractivity contribution in [2.24, 2.45) is 0 Å². The van der Waals surface area contributed by atoms with E-state index in [1.165, 1.54) is 12.1 Å². The molecule has 0 unspecified atom stereocenters. The van der Waals surface area contributed by atoms with Crippen molar-refractivity contribution < 1.29 is 9.84 Å². The first-order valence-electron chi connectivity index (χ1n) is 5.65. The summed E-state index contributed by atoms with van der Waals surface area (Å²) in [5.74, 6) is 1.35. The summed E-state index contributed by atoms with van der Waals surface area (Å²) in [5, 5.41) is 9.46. The van der Waals surface area contributed by atoms with Gasteiger partial charge in [0, 0.05) is 12.5 Å². The summed E-state index contributed by atoms with van der Waals surface area (Å²) >= 11 is 0. The van der Waals surface area contributed by atoms with Crippen LogP contribution in [0.1, 0.15) is 18.3 Å². The van der Waals surface area contributed by atoms with Crippen molar-refractivity contribution in [3.8, 4) is 17.4 Å². The molecule has 1 aromatic heterocycles. The van der Waals surface area contributed by atoms with Gasteiger partial charge in [-0.05, 0) is 24.6 Å². The average molecular weight is 246 g/mol. The average Bonchev–Trinajstić information content (AvgIpc) is 2.26. The van der Waals surface area contributed by atoms with Gasteiger partial charge in [-0.3, -0.25) is 4.79 Å². The van der Waals surface area contributed by atoms with Gasteiger partial charge in [0.15, 0.2) is 0 Å². The maximum absolute atomic E-state index is 11.4. The van der Waals surface area contributed by atoms with Crippen LogP contribution in [0.15, 0.2) is 29.1 Å². The molecular weight excluding hydrogens is 232 g/mol. The molecule has 94 valence electrons. The molecule has 1 heterocycles. The topological polar surface area (TPSA) is 75.2 Å². The van der Waals surface area contributed by atoms with Gasteiger partial charge in [0.05, 0.1) is 6.07 Å². The number of H-pyrrole nitrogens is 1. The predicted octanol–water partition coefficient (Wildman–Crippen LogP) is 2.14. The fourth-order valence-corrected chi connectivity index (χ4v) is 1.61. The standard InChI is InChI=1S/C13H14N2O3/c1-3-11-14-12(17)7-13(15-11)18-10-5-8(2)4-9(16)6-10/h4-7,16H,3H2,1-2H3,(H,14,15,17). The van der Waals surface area contributed by atoms with Crippen molar-refractivity contribution in [1.82, 2.24) is 9.97 Å². The highest BCUT2D eigenvalue weighted by Crippen LogP contribution is 2.24. The third-order valence-corrected chi connectivity index (χ3v) is 2.36. The van der Waals surface area contributed by atoms with Crippen LogP contribution in [0.4, 0.5) is 0 Å². The highest BCUT2D eigenvalue weighted by Gasteiger charge is 2.04. The quantitative estimate of drug-likeness (QED) is 0.870. The zero-order valence-electron chi connectivity index (χ0n) is 10.2. The number of aryl methyl sites for hydroxylation is 2. The number of hydrogen-bond donors (Lipinski definition) is 2. The van der Waals surface area contributed by atoms with Crippen LogP contribution in [-0.2, 0) is 6.42 Å². The Balaban J connectivity index is 2.33. The van der Waals surface area contributed by atoms with Crippen LogP contribution in [0.25, 0.3) is 0 Å². The number of ether oxygens (including phenoxy) is 1. The van der Waals surface area contributed by atoms with Gasteiger partial charge in [0.1, 0.15) is 17.3 Å². The number of aromatic hydroxyl groups is 1. The monoisotopic (exact) mass is 246 g/mol. The third kappa shape index (κ3) is 2.88. The summed E-state index contributed by atoms with van der Waals surface area (Å²) in [6.45, 7) is 3.73. The Bertz CT molecular complexity index is 600. The Labute approximate surface area is 104 Å². The first kappa shape index (κ1) is 12.2. The molecule has 0 saturated heterocycles. The molecule has 0 amide bonds. The second-order valence-electron chi connectivity index (χ2n) is 3.99. The van der Waals surface area contributed by atoms with E-state index in [2.05, 4.69) is 9.97 Å². The van der Waals surface area contributed by atoms with Crippen molar-refractivity contribution in [3.63, 3.8) is 0 Å². The van der Waals surface area contributed by atoms with E-state index in [4.69, 9.17) is 4.74 Å². The molecule has 5 heteroatoms. The number of aromatic nitrogens is 2. The highest BCUT2D eigenvalue weighted by molar-refractivity contribution is 5.38. The smallest absolute Gasteiger partial charge is 0.254 e. The van der Waals surface area contributed by atoms with Crippen molar-refractivity contribution in [2.45, 2.75) is 20.3 Å². The predicted molar refractivity (Wildman–Crippen MR) is 67.2 cm³/mol. The lowest BCUT2D eigenvalue weighted by Gasteiger charge is -2.07. The number of phenolic OH excluding ortho intramolecular Hbond substituents is 1. The lowest BCUT2D eigenvalue weighted by molar-refractivity contribution is 0.442. The molecule has 0 bridgehead atoms. The Hall–Kier alpha value is -2.30. The molecule has 0 aliphatic heterocycles. The van der Waals surface area contributed by atoms with Crippen LogP contribution < -0.4 is 10.3 Å². The van der Waals surface area contributed by atoms with Crippen molar-refractivity contribution in [1.29, 1.82) is 0 Å². The first-order valence-corrected chi connectivity index (χ1v) is 5.65. The summed E-state index contributed by atoms with van der Waals surface area (Å²) in [5.41, 5.74) is 0.610. The molecule has 0 fully saturated rings. The summed E-state index contributed by atoms with van der Waals surface area (Å²) in [7, 11) is 0. The van der Waals surface area contributed by atoms with Crippen molar-refractivity contribution in [2.75, 3.05) is 0 Å². The molecule has 2 N–H and O–H groups in total. The second kappa shape index (κ2) is 4.91. The van der Waals surface area contributed by atoms with E-state index in [1.807, 2.05) is 13.8 Å². The number of nitrogens with zero attached hydrogens (tertiary/aromatic N) is 1. The molecule has 0 radical (unpaired) electrons. The lowest BCUT2D eigenvalue weighted by Crippen LogP contribution is -2.10. The summed E-state index contributed by atoms with van der Waals surface area (Å²) < 4.78 is 5.47. The number of phenols is 1. The van der Waals surface area contributed by atoms with Gasteiger partial charge in [0.2, 0.25) is 5.88 Å². The van der Waals surface area contributed by atoms with Crippen LogP contribution in [-0.4, -0.2) is 15.1 Å². The molecule has 0 spiro atoms. The third-order valence-electron chi connectivity index (χ3n) is 2.36.